The van der Waals surface area contributed by atoms with Gasteiger partial charge in [0.25, 0.3) is 0 Å². The van der Waals surface area contributed by atoms with Gasteiger partial charge in [0.1, 0.15) is 0 Å². The summed E-state index contributed by atoms with van der Waals surface area (Å²) in [4.78, 5) is 13.2. The summed E-state index contributed by atoms with van der Waals surface area (Å²) in [6, 6.07) is 0. The monoisotopic (exact) mass is 168 g/mol. The van der Waals surface area contributed by atoms with E-state index in [-0.39, 0.29) is 5.91 Å². The van der Waals surface area contributed by atoms with Gasteiger partial charge in [0, 0.05) is 25.6 Å². The van der Waals surface area contributed by atoms with Crippen molar-refractivity contribution in [2.75, 3.05) is 26.7 Å². The molecular formula is C9H16N2O. The highest BCUT2D eigenvalue weighted by Crippen LogP contribution is 2.10. The highest BCUT2D eigenvalue weighted by Gasteiger charge is 2.22. The second kappa shape index (κ2) is 4.26. The molecule has 3 heteroatoms. The van der Waals surface area contributed by atoms with Gasteiger partial charge in [-0.15, -0.1) is 0 Å². The van der Waals surface area contributed by atoms with E-state index in [0.29, 0.717) is 5.92 Å². The quantitative estimate of drug-likeness (QED) is 0.612. The Labute approximate surface area is 73.4 Å². The Morgan fingerprint density at radius 3 is 2.83 bits per heavy atom. The number of allylic oxidation sites excluding steroid dienone is 1. The van der Waals surface area contributed by atoms with Gasteiger partial charge in [-0.25, -0.2) is 0 Å². The molecule has 1 aliphatic rings. The van der Waals surface area contributed by atoms with Gasteiger partial charge >= 0.3 is 0 Å². The van der Waals surface area contributed by atoms with Crippen LogP contribution in [0.15, 0.2) is 12.2 Å². The second-order valence-electron chi connectivity index (χ2n) is 3.33. The first-order valence-electron chi connectivity index (χ1n) is 4.31. The lowest BCUT2D eigenvalue weighted by Gasteiger charge is -2.36. The largest absolute Gasteiger partial charge is 0.352 e. The molecule has 0 saturated carbocycles. The molecule has 0 atom stereocenters. The number of hydrogen-bond donors (Lipinski definition) is 1. The molecule has 3 nitrogen and oxygen atoms in total. The predicted molar refractivity (Wildman–Crippen MR) is 48.8 cm³/mol. The van der Waals surface area contributed by atoms with E-state index in [9.17, 15) is 4.79 Å². The number of carbonyl (C=O) groups is 1. The summed E-state index contributed by atoms with van der Waals surface area (Å²) >= 11 is 0. The van der Waals surface area contributed by atoms with Crippen molar-refractivity contribution in [1.29, 1.82) is 0 Å². The maximum Gasteiger partial charge on any atom is 0.243 e. The van der Waals surface area contributed by atoms with Crippen LogP contribution < -0.4 is 5.32 Å². The summed E-state index contributed by atoms with van der Waals surface area (Å²) in [6.07, 6.45) is 3.31. The van der Waals surface area contributed by atoms with Crippen LogP contribution in [-0.4, -0.2) is 37.5 Å². The van der Waals surface area contributed by atoms with E-state index in [2.05, 4.69) is 17.3 Å². The van der Waals surface area contributed by atoms with Gasteiger partial charge in [-0.2, -0.15) is 0 Å². The fourth-order valence-electron chi connectivity index (χ4n) is 1.41. The van der Waals surface area contributed by atoms with Gasteiger partial charge in [-0.3, -0.25) is 4.79 Å². The Kier molecular flexibility index (Phi) is 3.29. The number of likely N-dealkylation sites (tertiary alicyclic amines) is 1. The highest BCUT2D eigenvalue weighted by molar-refractivity contribution is 5.87. The average molecular weight is 168 g/mol. The first-order chi connectivity index (χ1) is 5.72. The normalized spacial score (nSPS) is 19.5. The molecule has 0 aromatic rings. The van der Waals surface area contributed by atoms with Crippen LogP contribution in [0.25, 0.3) is 0 Å². The van der Waals surface area contributed by atoms with Crippen LogP contribution in [0.5, 0.6) is 0 Å². The SMILES string of the molecule is C/C=C/C(=O)NCC1CN(C)C1. The molecule has 12 heavy (non-hydrogen) atoms. The highest BCUT2D eigenvalue weighted by atomic mass is 16.1. The number of rotatable bonds is 3. The van der Waals surface area contributed by atoms with Crippen LogP contribution in [0.3, 0.4) is 0 Å². The molecule has 1 heterocycles. The molecule has 1 amide bonds. The Hall–Kier alpha value is -0.830. The van der Waals surface area contributed by atoms with Crippen LogP contribution in [0.4, 0.5) is 0 Å². The zero-order chi connectivity index (χ0) is 8.97. The molecule has 0 aliphatic carbocycles. The molecular weight excluding hydrogens is 152 g/mol. The van der Waals surface area contributed by atoms with Gasteiger partial charge in [0.05, 0.1) is 0 Å². The van der Waals surface area contributed by atoms with Crippen molar-refractivity contribution in [3.8, 4) is 0 Å². The van der Waals surface area contributed by atoms with Gasteiger partial charge in [0.2, 0.25) is 5.91 Å². The van der Waals surface area contributed by atoms with Gasteiger partial charge in [-0.05, 0) is 20.0 Å². The maximum atomic E-state index is 11.0. The van der Waals surface area contributed by atoms with Gasteiger partial charge in [0.15, 0.2) is 0 Å². The Morgan fingerprint density at radius 1 is 1.67 bits per heavy atom. The molecule has 0 aromatic carbocycles. The van der Waals surface area contributed by atoms with E-state index in [4.69, 9.17) is 0 Å². The Bertz CT molecular complexity index is 183. The molecule has 0 aromatic heterocycles. The van der Waals surface area contributed by atoms with Crippen molar-refractivity contribution in [1.82, 2.24) is 10.2 Å². The van der Waals surface area contributed by atoms with Crippen LogP contribution in [0.1, 0.15) is 6.92 Å². The summed E-state index contributed by atoms with van der Waals surface area (Å²) in [7, 11) is 2.09. The molecule has 1 saturated heterocycles. The van der Waals surface area contributed by atoms with Crippen LogP contribution >= 0.6 is 0 Å². The molecule has 0 spiro atoms. The van der Waals surface area contributed by atoms with Crippen molar-refractivity contribution >= 4 is 5.91 Å². The number of carbonyl (C=O) groups excluding carboxylic acids is 1. The van der Waals surface area contributed by atoms with Gasteiger partial charge in [-0.1, -0.05) is 6.08 Å². The summed E-state index contributed by atoms with van der Waals surface area (Å²) in [6.45, 7) is 4.87. The lowest BCUT2D eigenvalue weighted by atomic mass is 10.0. The minimum atomic E-state index is 0.0204. The minimum Gasteiger partial charge on any atom is -0.352 e. The van der Waals surface area contributed by atoms with Crippen molar-refractivity contribution in [2.24, 2.45) is 5.92 Å². The zero-order valence-electron chi connectivity index (χ0n) is 7.71. The maximum absolute atomic E-state index is 11.0. The zero-order valence-corrected chi connectivity index (χ0v) is 7.71. The number of nitrogens with one attached hydrogen (secondary N) is 1. The van der Waals surface area contributed by atoms with Crippen molar-refractivity contribution in [3.63, 3.8) is 0 Å². The summed E-state index contributed by atoms with van der Waals surface area (Å²) < 4.78 is 0. The smallest absolute Gasteiger partial charge is 0.243 e. The molecule has 0 bridgehead atoms. The number of nitrogens with zero attached hydrogens (tertiary/aromatic N) is 1. The van der Waals surface area contributed by atoms with E-state index >= 15 is 0 Å². The molecule has 1 rings (SSSR count). The first-order valence-corrected chi connectivity index (χ1v) is 4.31. The molecule has 0 radical (unpaired) electrons. The summed E-state index contributed by atoms with van der Waals surface area (Å²) in [5.41, 5.74) is 0. The van der Waals surface area contributed by atoms with Crippen LogP contribution in [-0.2, 0) is 4.79 Å². The standard InChI is InChI=1S/C9H16N2O/c1-3-4-9(12)10-5-8-6-11(2)7-8/h3-4,8H,5-7H2,1-2H3,(H,10,12)/b4-3+. The third-order valence-corrected chi connectivity index (χ3v) is 2.02. The molecule has 0 unspecified atom stereocenters. The van der Waals surface area contributed by atoms with E-state index < -0.39 is 0 Å². The van der Waals surface area contributed by atoms with E-state index in [0.717, 1.165) is 19.6 Å². The Morgan fingerprint density at radius 2 is 2.33 bits per heavy atom. The topological polar surface area (TPSA) is 32.3 Å². The molecule has 1 fully saturated rings. The first kappa shape index (κ1) is 9.26. The van der Waals surface area contributed by atoms with Crippen LogP contribution in [0, 0.1) is 5.92 Å². The van der Waals surface area contributed by atoms with Crippen molar-refractivity contribution in [2.45, 2.75) is 6.92 Å². The third-order valence-electron chi connectivity index (χ3n) is 2.02. The average Bonchev–Trinajstić information content (AvgIpc) is 1.96. The third kappa shape index (κ3) is 2.66. The number of hydrogen-bond acceptors (Lipinski definition) is 2. The summed E-state index contributed by atoms with van der Waals surface area (Å²) in [5, 5.41) is 2.85. The predicted octanol–water partition coefficient (Wildman–Crippen LogP) is 0.240. The van der Waals surface area contributed by atoms with Crippen molar-refractivity contribution in [3.05, 3.63) is 12.2 Å². The van der Waals surface area contributed by atoms with E-state index in [1.54, 1.807) is 12.2 Å². The Balaban J connectivity index is 2.06. The lowest BCUT2D eigenvalue weighted by Crippen LogP contribution is -2.48. The second-order valence-corrected chi connectivity index (χ2v) is 3.33. The van der Waals surface area contributed by atoms with Crippen molar-refractivity contribution < 1.29 is 4.79 Å². The van der Waals surface area contributed by atoms with E-state index in [1.165, 1.54) is 0 Å². The minimum absolute atomic E-state index is 0.0204. The fourth-order valence-corrected chi connectivity index (χ4v) is 1.41. The lowest BCUT2D eigenvalue weighted by molar-refractivity contribution is -0.116. The van der Waals surface area contributed by atoms with E-state index in [1.807, 2.05) is 6.92 Å². The fraction of sp³-hybridized carbons (Fsp3) is 0.667. The van der Waals surface area contributed by atoms with Crippen LogP contribution in [0.2, 0.25) is 0 Å². The molecule has 1 N–H and O–H groups in total. The summed E-state index contributed by atoms with van der Waals surface area (Å²) in [5.74, 6) is 0.677. The van der Waals surface area contributed by atoms with Gasteiger partial charge < -0.3 is 10.2 Å². The molecule has 1 aliphatic heterocycles. The number of amides is 1. The molecule has 68 valence electrons.